The van der Waals surface area contributed by atoms with Crippen LogP contribution in [0.15, 0.2) is 66.7 Å². The Balaban J connectivity index is 1.47. The summed E-state index contributed by atoms with van der Waals surface area (Å²) < 4.78 is 16.9. The van der Waals surface area contributed by atoms with E-state index < -0.39 is 6.10 Å². The lowest BCUT2D eigenvalue weighted by Crippen LogP contribution is -2.43. The largest absolute Gasteiger partial charge is 0.497 e. The molecule has 0 fully saturated rings. The van der Waals surface area contributed by atoms with Crippen LogP contribution in [0.3, 0.4) is 0 Å². The maximum absolute atomic E-state index is 11.9. The number of methoxy groups -OCH3 is 1. The number of fused-ring (bicyclic) bond motifs is 1. The van der Waals surface area contributed by atoms with Gasteiger partial charge in [-0.3, -0.25) is 4.79 Å². The summed E-state index contributed by atoms with van der Waals surface area (Å²) >= 11 is 0. The van der Waals surface area contributed by atoms with Crippen molar-refractivity contribution in [3.8, 4) is 17.2 Å². The average Bonchev–Trinajstić information content (AvgIpc) is 2.86. The lowest BCUT2D eigenvalue weighted by molar-refractivity contribution is -0.118. The number of carbonyl (C=O) groups excluding carboxylic acids is 1. The van der Waals surface area contributed by atoms with E-state index in [2.05, 4.69) is 24.5 Å². The lowest BCUT2D eigenvalue weighted by atomic mass is 9.94. The standard InChI is InChI=1S/C28H32N2O5/c1-28(2,15-19-9-11-21(33-3)12-10-19)29-16-25(31)23-13-22(34-17-20-7-5-4-6-8-20)14-24-27(23)35-18-26(32)30-24/h4-14,25,29,31H,15-18H2,1-3H3,(H,30,32)/t25-/m0/s1. The predicted octanol–water partition coefficient (Wildman–Crippen LogP) is 4.25. The molecule has 1 heterocycles. The molecule has 0 bridgehead atoms. The van der Waals surface area contributed by atoms with Gasteiger partial charge >= 0.3 is 0 Å². The molecule has 3 aromatic rings. The van der Waals surface area contributed by atoms with E-state index in [-0.39, 0.29) is 18.1 Å². The zero-order chi connectivity index (χ0) is 24.8. The van der Waals surface area contributed by atoms with Crippen molar-refractivity contribution in [2.45, 2.75) is 38.5 Å². The van der Waals surface area contributed by atoms with Crippen LogP contribution >= 0.6 is 0 Å². The minimum atomic E-state index is -0.867. The summed E-state index contributed by atoms with van der Waals surface area (Å²) in [5, 5.41) is 17.4. The summed E-state index contributed by atoms with van der Waals surface area (Å²) in [6.45, 7) is 4.77. The van der Waals surface area contributed by atoms with Gasteiger partial charge in [-0.2, -0.15) is 0 Å². The van der Waals surface area contributed by atoms with Gasteiger partial charge < -0.3 is 30.0 Å². The van der Waals surface area contributed by atoms with Crippen LogP contribution < -0.4 is 24.8 Å². The number of carbonyl (C=O) groups is 1. The number of aliphatic hydroxyl groups is 1. The Morgan fingerprint density at radius 2 is 1.80 bits per heavy atom. The van der Waals surface area contributed by atoms with Crippen molar-refractivity contribution in [1.29, 1.82) is 0 Å². The van der Waals surface area contributed by atoms with Crippen molar-refractivity contribution in [2.24, 2.45) is 0 Å². The van der Waals surface area contributed by atoms with Gasteiger partial charge in [0.25, 0.3) is 5.91 Å². The number of ether oxygens (including phenoxy) is 3. The molecule has 4 rings (SSSR count). The molecule has 3 aromatic carbocycles. The maximum atomic E-state index is 11.9. The molecular formula is C28H32N2O5. The number of rotatable bonds is 10. The molecule has 0 saturated heterocycles. The van der Waals surface area contributed by atoms with Crippen molar-refractivity contribution < 1.29 is 24.1 Å². The highest BCUT2D eigenvalue weighted by molar-refractivity contribution is 5.96. The van der Waals surface area contributed by atoms with Gasteiger partial charge in [-0.1, -0.05) is 42.5 Å². The second kappa shape index (κ2) is 10.8. The highest BCUT2D eigenvalue weighted by Gasteiger charge is 2.26. The fourth-order valence-electron chi connectivity index (χ4n) is 4.07. The van der Waals surface area contributed by atoms with Crippen LogP contribution in [-0.4, -0.2) is 36.8 Å². The van der Waals surface area contributed by atoms with E-state index in [0.717, 1.165) is 23.3 Å². The molecule has 3 N–H and O–H groups in total. The molecule has 7 nitrogen and oxygen atoms in total. The third kappa shape index (κ3) is 6.53. The van der Waals surface area contributed by atoms with Crippen molar-refractivity contribution in [1.82, 2.24) is 5.32 Å². The fourth-order valence-corrected chi connectivity index (χ4v) is 4.07. The monoisotopic (exact) mass is 476 g/mol. The van der Waals surface area contributed by atoms with Crippen LogP contribution in [0.5, 0.6) is 17.2 Å². The van der Waals surface area contributed by atoms with Crippen molar-refractivity contribution in [3.63, 3.8) is 0 Å². The normalized spacial score (nSPS) is 13.9. The average molecular weight is 477 g/mol. The predicted molar refractivity (Wildman–Crippen MR) is 135 cm³/mol. The molecule has 1 aliphatic rings. The minimum absolute atomic E-state index is 0.0899. The number of nitrogens with one attached hydrogen (secondary N) is 2. The van der Waals surface area contributed by atoms with Crippen LogP contribution in [0.4, 0.5) is 5.69 Å². The Hall–Kier alpha value is -3.55. The molecule has 1 atom stereocenters. The van der Waals surface area contributed by atoms with Crippen LogP contribution in [0.1, 0.15) is 36.6 Å². The minimum Gasteiger partial charge on any atom is -0.497 e. The van der Waals surface area contributed by atoms with Gasteiger partial charge in [-0.15, -0.1) is 0 Å². The summed E-state index contributed by atoms with van der Waals surface area (Å²) in [5.74, 6) is 1.60. The summed E-state index contributed by atoms with van der Waals surface area (Å²) in [6.07, 6.45) is -0.0941. The van der Waals surface area contributed by atoms with Crippen molar-refractivity contribution >= 4 is 11.6 Å². The second-order valence-electron chi connectivity index (χ2n) is 9.31. The number of hydrogen-bond acceptors (Lipinski definition) is 6. The van der Waals surface area contributed by atoms with Gasteiger partial charge in [0.1, 0.15) is 23.9 Å². The summed E-state index contributed by atoms with van der Waals surface area (Å²) in [4.78, 5) is 11.9. The Morgan fingerprint density at radius 3 is 2.51 bits per heavy atom. The van der Waals surface area contributed by atoms with E-state index in [1.807, 2.05) is 54.6 Å². The van der Waals surface area contributed by atoms with Crippen LogP contribution in [0, 0.1) is 0 Å². The quantitative estimate of drug-likeness (QED) is 0.405. The number of amides is 1. The van der Waals surface area contributed by atoms with Gasteiger partial charge in [0.05, 0.1) is 18.9 Å². The second-order valence-corrected chi connectivity index (χ2v) is 9.31. The number of hydrogen-bond donors (Lipinski definition) is 3. The third-order valence-electron chi connectivity index (χ3n) is 5.90. The van der Waals surface area contributed by atoms with Crippen molar-refractivity contribution in [3.05, 3.63) is 83.4 Å². The van der Waals surface area contributed by atoms with Crippen LogP contribution in [0.2, 0.25) is 0 Å². The first kappa shape index (κ1) is 24.6. The Labute approximate surface area is 206 Å². The first-order chi connectivity index (χ1) is 16.8. The molecule has 0 radical (unpaired) electrons. The Kier molecular flexibility index (Phi) is 7.58. The first-order valence-electron chi connectivity index (χ1n) is 11.7. The van der Waals surface area contributed by atoms with E-state index in [0.29, 0.717) is 35.9 Å². The lowest BCUT2D eigenvalue weighted by Gasteiger charge is -2.29. The van der Waals surface area contributed by atoms with Gasteiger partial charge in [0.15, 0.2) is 6.61 Å². The summed E-state index contributed by atoms with van der Waals surface area (Å²) in [7, 11) is 1.65. The SMILES string of the molecule is COc1ccc(CC(C)(C)NC[C@H](O)c2cc(OCc3ccccc3)cc3c2OCC(=O)N3)cc1. The molecular weight excluding hydrogens is 444 g/mol. The third-order valence-corrected chi connectivity index (χ3v) is 5.90. The topological polar surface area (TPSA) is 89.1 Å². The van der Waals surface area contributed by atoms with Crippen LogP contribution in [-0.2, 0) is 17.8 Å². The van der Waals surface area contributed by atoms with E-state index in [1.165, 1.54) is 0 Å². The molecule has 184 valence electrons. The molecule has 1 aliphatic heterocycles. The Morgan fingerprint density at radius 1 is 1.06 bits per heavy atom. The number of aliphatic hydroxyl groups excluding tert-OH is 1. The molecule has 0 unspecified atom stereocenters. The molecule has 35 heavy (non-hydrogen) atoms. The number of benzene rings is 3. The Bertz CT molecular complexity index is 1150. The molecule has 1 amide bonds. The summed E-state index contributed by atoms with van der Waals surface area (Å²) in [6, 6.07) is 21.3. The van der Waals surface area contributed by atoms with Gasteiger partial charge in [-0.25, -0.2) is 0 Å². The maximum Gasteiger partial charge on any atom is 0.262 e. The van der Waals surface area contributed by atoms with E-state index in [1.54, 1.807) is 19.2 Å². The smallest absolute Gasteiger partial charge is 0.262 e. The van der Waals surface area contributed by atoms with E-state index in [4.69, 9.17) is 14.2 Å². The zero-order valence-electron chi connectivity index (χ0n) is 20.3. The zero-order valence-corrected chi connectivity index (χ0v) is 20.3. The highest BCUT2D eigenvalue weighted by Crippen LogP contribution is 2.39. The molecule has 0 aromatic heterocycles. The summed E-state index contributed by atoms with van der Waals surface area (Å²) in [5.41, 5.74) is 2.98. The molecule has 0 aliphatic carbocycles. The first-order valence-corrected chi connectivity index (χ1v) is 11.7. The van der Waals surface area contributed by atoms with Crippen LogP contribution in [0.25, 0.3) is 0 Å². The van der Waals surface area contributed by atoms with Crippen molar-refractivity contribution in [2.75, 3.05) is 25.6 Å². The highest BCUT2D eigenvalue weighted by atomic mass is 16.5. The van der Waals surface area contributed by atoms with Gasteiger partial charge in [0.2, 0.25) is 0 Å². The van der Waals surface area contributed by atoms with E-state index in [9.17, 15) is 9.90 Å². The molecule has 7 heteroatoms. The van der Waals surface area contributed by atoms with Gasteiger partial charge in [0, 0.05) is 23.7 Å². The fraction of sp³-hybridized carbons (Fsp3) is 0.321. The molecule has 0 saturated carbocycles. The molecule has 0 spiro atoms. The van der Waals surface area contributed by atoms with Gasteiger partial charge in [-0.05, 0) is 49.6 Å². The van der Waals surface area contributed by atoms with E-state index >= 15 is 0 Å². The number of β-amino-alcohol motifs (C(OH)–C–C–N with tert-alkyl or cyclic N) is 1. The number of anilines is 1.